The van der Waals surface area contributed by atoms with E-state index in [1.54, 1.807) is 0 Å². The summed E-state index contributed by atoms with van der Waals surface area (Å²) in [5.74, 6) is -0.146. The predicted molar refractivity (Wildman–Crippen MR) is 79.9 cm³/mol. The van der Waals surface area contributed by atoms with Gasteiger partial charge in [0.2, 0.25) is 0 Å². The summed E-state index contributed by atoms with van der Waals surface area (Å²) in [5.41, 5.74) is 0.410. The van der Waals surface area contributed by atoms with Crippen molar-refractivity contribution in [2.75, 3.05) is 13.1 Å². The van der Waals surface area contributed by atoms with E-state index in [1.807, 2.05) is 0 Å². The van der Waals surface area contributed by atoms with E-state index in [2.05, 4.69) is 12.2 Å². The highest BCUT2D eigenvalue weighted by atomic mass is 19.2. The molecule has 1 aliphatic carbocycles. The van der Waals surface area contributed by atoms with E-state index in [1.165, 1.54) is 31.7 Å². The van der Waals surface area contributed by atoms with Crippen molar-refractivity contribution in [2.45, 2.75) is 45.1 Å². The highest BCUT2D eigenvalue weighted by Crippen LogP contribution is 2.29. The summed E-state index contributed by atoms with van der Waals surface area (Å²) >= 11 is 0. The van der Waals surface area contributed by atoms with Crippen LogP contribution in [0.1, 0.15) is 50.7 Å². The second-order valence-electron chi connectivity index (χ2n) is 6.31. The molecule has 0 amide bonds. The smallest absolute Gasteiger partial charge is 0.159 e. The van der Waals surface area contributed by atoms with Crippen LogP contribution in [0.25, 0.3) is 0 Å². The van der Waals surface area contributed by atoms with Crippen LogP contribution in [0.5, 0.6) is 0 Å². The summed E-state index contributed by atoms with van der Waals surface area (Å²) < 4.78 is 25.9. The molecule has 0 bridgehead atoms. The maximum atomic E-state index is 13.1. The lowest BCUT2D eigenvalue weighted by molar-refractivity contribution is 0.172. The molecule has 2 nitrogen and oxygen atoms in total. The number of nitrogens with one attached hydrogen (secondary N) is 1. The molecule has 4 heteroatoms. The topological polar surface area (TPSA) is 32.3 Å². The van der Waals surface area contributed by atoms with Crippen molar-refractivity contribution in [2.24, 2.45) is 11.8 Å². The minimum atomic E-state index is -0.914. The van der Waals surface area contributed by atoms with Gasteiger partial charge in [0.25, 0.3) is 0 Å². The number of aliphatic hydroxyl groups is 1. The molecule has 0 aliphatic heterocycles. The normalized spacial score (nSPS) is 24.0. The molecule has 1 saturated carbocycles. The lowest BCUT2D eigenvalue weighted by Crippen LogP contribution is -2.25. The Hall–Kier alpha value is -1.00. The van der Waals surface area contributed by atoms with Gasteiger partial charge in [-0.25, -0.2) is 8.78 Å². The fourth-order valence-electron chi connectivity index (χ4n) is 3.00. The Morgan fingerprint density at radius 3 is 2.57 bits per heavy atom. The summed E-state index contributed by atoms with van der Waals surface area (Å²) in [5, 5.41) is 13.2. The van der Waals surface area contributed by atoms with Crippen molar-refractivity contribution in [1.82, 2.24) is 5.32 Å². The van der Waals surface area contributed by atoms with Gasteiger partial charge >= 0.3 is 0 Å². The molecule has 1 aliphatic rings. The first-order valence-electron chi connectivity index (χ1n) is 7.90. The molecule has 2 rings (SSSR count). The Balaban J connectivity index is 1.67. The molecule has 1 fully saturated rings. The zero-order valence-electron chi connectivity index (χ0n) is 12.6. The third-order valence-corrected chi connectivity index (χ3v) is 4.53. The molecule has 2 N–H and O–H groups in total. The molecule has 1 unspecified atom stereocenters. The van der Waals surface area contributed by atoms with Crippen molar-refractivity contribution >= 4 is 0 Å². The van der Waals surface area contributed by atoms with Crippen LogP contribution in [0, 0.1) is 23.5 Å². The molecule has 21 heavy (non-hydrogen) atoms. The van der Waals surface area contributed by atoms with Gasteiger partial charge in [0.1, 0.15) is 0 Å². The summed E-state index contributed by atoms with van der Waals surface area (Å²) in [6.07, 6.45) is 5.57. The number of halogens is 2. The van der Waals surface area contributed by atoms with Gasteiger partial charge in [-0.1, -0.05) is 38.7 Å². The van der Waals surface area contributed by atoms with E-state index >= 15 is 0 Å². The van der Waals surface area contributed by atoms with E-state index in [9.17, 15) is 13.9 Å². The molecular weight excluding hydrogens is 272 g/mol. The van der Waals surface area contributed by atoms with Gasteiger partial charge in [0.15, 0.2) is 11.6 Å². The third-order valence-electron chi connectivity index (χ3n) is 4.53. The van der Waals surface area contributed by atoms with E-state index in [-0.39, 0.29) is 0 Å². The maximum absolute atomic E-state index is 13.1. The van der Waals surface area contributed by atoms with Crippen LogP contribution in [0.15, 0.2) is 18.2 Å². The molecule has 0 radical (unpaired) electrons. The maximum Gasteiger partial charge on any atom is 0.159 e. The van der Waals surface area contributed by atoms with Crippen molar-refractivity contribution in [3.05, 3.63) is 35.4 Å². The monoisotopic (exact) mass is 297 g/mol. The van der Waals surface area contributed by atoms with Crippen LogP contribution < -0.4 is 5.32 Å². The van der Waals surface area contributed by atoms with Crippen molar-refractivity contribution in [1.29, 1.82) is 0 Å². The summed E-state index contributed by atoms with van der Waals surface area (Å²) in [6, 6.07) is 3.54. The Morgan fingerprint density at radius 2 is 1.90 bits per heavy atom. The quantitative estimate of drug-likeness (QED) is 0.783. The lowest BCUT2D eigenvalue weighted by atomic mass is 9.81. The van der Waals surface area contributed by atoms with Gasteiger partial charge in [-0.2, -0.15) is 0 Å². The van der Waals surface area contributed by atoms with E-state index in [0.29, 0.717) is 12.1 Å². The van der Waals surface area contributed by atoms with Crippen LogP contribution in [-0.4, -0.2) is 18.2 Å². The zero-order chi connectivity index (χ0) is 15.2. The number of benzene rings is 1. The number of aliphatic hydroxyl groups excluding tert-OH is 1. The predicted octanol–water partition coefficient (Wildman–Crippen LogP) is 3.80. The Kier molecular flexibility index (Phi) is 6.12. The Bertz CT molecular complexity index is 444. The van der Waals surface area contributed by atoms with Crippen LogP contribution in [0.2, 0.25) is 0 Å². The minimum absolute atomic E-state index is 0.369. The van der Waals surface area contributed by atoms with Crippen LogP contribution >= 0.6 is 0 Å². The largest absolute Gasteiger partial charge is 0.387 e. The summed E-state index contributed by atoms with van der Waals surface area (Å²) in [7, 11) is 0. The van der Waals surface area contributed by atoms with E-state index < -0.39 is 17.7 Å². The first-order chi connectivity index (χ1) is 10.1. The zero-order valence-corrected chi connectivity index (χ0v) is 12.6. The molecule has 0 aromatic heterocycles. The molecule has 0 saturated heterocycles. The number of hydrogen-bond acceptors (Lipinski definition) is 2. The molecule has 118 valence electrons. The molecule has 1 aromatic rings. The minimum Gasteiger partial charge on any atom is -0.387 e. The fourth-order valence-corrected chi connectivity index (χ4v) is 3.00. The fraction of sp³-hybridized carbons (Fsp3) is 0.647. The summed E-state index contributed by atoms with van der Waals surface area (Å²) in [6.45, 7) is 3.54. The number of rotatable bonds is 6. The second-order valence-corrected chi connectivity index (χ2v) is 6.31. The van der Waals surface area contributed by atoms with Gasteiger partial charge in [0, 0.05) is 6.54 Å². The van der Waals surface area contributed by atoms with Crippen LogP contribution in [-0.2, 0) is 0 Å². The van der Waals surface area contributed by atoms with Gasteiger partial charge in [-0.15, -0.1) is 0 Å². The average Bonchev–Trinajstić information content (AvgIpc) is 2.48. The third kappa shape index (κ3) is 5.04. The Labute approximate surface area is 125 Å². The first kappa shape index (κ1) is 16.4. The van der Waals surface area contributed by atoms with Gasteiger partial charge < -0.3 is 10.4 Å². The molecule has 1 atom stereocenters. The van der Waals surface area contributed by atoms with Crippen LogP contribution in [0.3, 0.4) is 0 Å². The molecular formula is C17H25F2NO. The second kappa shape index (κ2) is 7.85. The van der Waals surface area contributed by atoms with Crippen LogP contribution in [0.4, 0.5) is 8.78 Å². The van der Waals surface area contributed by atoms with Crippen molar-refractivity contribution in [3.8, 4) is 0 Å². The van der Waals surface area contributed by atoms with Crippen molar-refractivity contribution < 1.29 is 13.9 Å². The van der Waals surface area contributed by atoms with Gasteiger partial charge in [-0.05, 0) is 42.5 Å². The standard InChI is InChI=1S/C17H25F2NO/c1-12-2-4-13(5-3-12)8-9-20-11-17(21)14-6-7-15(18)16(19)10-14/h6-7,10,12-13,17,20-21H,2-5,8-9,11H2,1H3. The first-order valence-corrected chi connectivity index (χ1v) is 7.90. The summed E-state index contributed by atoms with van der Waals surface area (Å²) in [4.78, 5) is 0. The molecule has 0 heterocycles. The molecule has 1 aromatic carbocycles. The van der Waals surface area contributed by atoms with Gasteiger partial charge in [-0.3, -0.25) is 0 Å². The highest BCUT2D eigenvalue weighted by Gasteiger charge is 2.17. The van der Waals surface area contributed by atoms with E-state index in [0.717, 1.165) is 36.9 Å². The highest BCUT2D eigenvalue weighted by molar-refractivity contribution is 5.20. The average molecular weight is 297 g/mol. The SMILES string of the molecule is CC1CCC(CCNCC(O)c2ccc(F)c(F)c2)CC1. The number of hydrogen-bond donors (Lipinski definition) is 2. The lowest BCUT2D eigenvalue weighted by Gasteiger charge is -2.26. The molecule has 0 spiro atoms. The van der Waals surface area contributed by atoms with Crippen molar-refractivity contribution in [3.63, 3.8) is 0 Å². The van der Waals surface area contributed by atoms with E-state index in [4.69, 9.17) is 0 Å². The Morgan fingerprint density at radius 1 is 1.19 bits per heavy atom. The van der Waals surface area contributed by atoms with Gasteiger partial charge in [0.05, 0.1) is 6.10 Å².